The van der Waals surface area contributed by atoms with Gasteiger partial charge in [-0.05, 0) is 29.5 Å². The molecule has 0 fully saturated rings. The Hall–Kier alpha value is -4.30. The number of carbonyl (C=O) groups is 1. The topological polar surface area (TPSA) is 125 Å². The van der Waals surface area contributed by atoms with Crippen molar-refractivity contribution in [2.24, 2.45) is 10.2 Å². The molecule has 0 heterocycles. The SMILES string of the molecule is Cc1ccccc1CC(=O)c1cc2ccccc2c(N=Nc2cc([N+](=O)[O-])c(Cl)cc2O)c1O. The lowest BCUT2D eigenvalue weighted by Gasteiger charge is -2.11. The highest BCUT2D eigenvalue weighted by atomic mass is 35.5. The zero-order chi connectivity index (χ0) is 24.4. The first kappa shape index (κ1) is 22.9. The summed E-state index contributed by atoms with van der Waals surface area (Å²) < 4.78 is 0. The van der Waals surface area contributed by atoms with E-state index in [9.17, 15) is 25.1 Å². The number of aryl methyl sites for hydroxylation is 1. The van der Waals surface area contributed by atoms with Crippen molar-refractivity contribution >= 4 is 45.2 Å². The van der Waals surface area contributed by atoms with Crippen molar-refractivity contribution in [2.45, 2.75) is 13.3 Å². The Morgan fingerprint density at radius 3 is 2.47 bits per heavy atom. The second-order valence-corrected chi connectivity index (χ2v) is 8.03. The molecule has 0 spiro atoms. The molecule has 4 rings (SSSR count). The summed E-state index contributed by atoms with van der Waals surface area (Å²) in [6, 6.07) is 18.0. The fourth-order valence-corrected chi connectivity index (χ4v) is 3.80. The van der Waals surface area contributed by atoms with E-state index in [1.807, 2.05) is 31.2 Å². The predicted octanol–water partition coefficient (Wildman–Crippen LogP) is 6.96. The maximum atomic E-state index is 13.1. The number of nitro benzene ring substituents is 1. The number of aromatic hydroxyl groups is 2. The van der Waals surface area contributed by atoms with Crippen LogP contribution < -0.4 is 0 Å². The zero-order valence-corrected chi connectivity index (χ0v) is 18.7. The summed E-state index contributed by atoms with van der Waals surface area (Å²) in [4.78, 5) is 23.6. The van der Waals surface area contributed by atoms with Crippen LogP contribution in [0.2, 0.25) is 5.02 Å². The fourth-order valence-electron chi connectivity index (χ4n) is 3.57. The van der Waals surface area contributed by atoms with E-state index in [4.69, 9.17) is 11.6 Å². The number of phenolic OH excluding ortho intramolecular Hbond substituents is 2. The number of hydrogen-bond donors (Lipinski definition) is 2. The second-order valence-electron chi connectivity index (χ2n) is 7.62. The highest BCUT2D eigenvalue weighted by Crippen LogP contribution is 2.42. The van der Waals surface area contributed by atoms with Crippen molar-refractivity contribution in [1.29, 1.82) is 0 Å². The van der Waals surface area contributed by atoms with Crippen LogP contribution in [0.4, 0.5) is 17.1 Å². The lowest BCUT2D eigenvalue weighted by atomic mass is 9.96. The molecule has 0 saturated heterocycles. The maximum absolute atomic E-state index is 13.1. The van der Waals surface area contributed by atoms with Crippen molar-refractivity contribution in [3.8, 4) is 11.5 Å². The zero-order valence-electron chi connectivity index (χ0n) is 17.9. The molecule has 0 atom stereocenters. The van der Waals surface area contributed by atoms with Gasteiger partial charge in [-0.2, -0.15) is 0 Å². The van der Waals surface area contributed by atoms with Crippen molar-refractivity contribution in [1.82, 2.24) is 0 Å². The summed E-state index contributed by atoms with van der Waals surface area (Å²) in [5.74, 6) is -1.10. The molecule has 0 aliphatic carbocycles. The number of nitro groups is 1. The van der Waals surface area contributed by atoms with Crippen LogP contribution in [0.25, 0.3) is 10.8 Å². The molecule has 2 N–H and O–H groups in total. The average Bonchev–Trinajstić information content (AvgIpc) is 2.80. The molecule has 0 radical (unpaired) electrons. The Kier molecular flexibility index (Phi) is 6.25. The fraction of sp³-hybridized carbons (Fsp3) is 0.0800. The Labute approximate surface area is 198 Å². The highest BCUT2D eigenvalue weighted by Gasteiger charge is 2.20. The summed E-state index contributed by atoms with van der Waals surface area (Å²) in [6.45, 7) is 1.90. The number of hydrogen-bond acceptors (Lipinski definition) is 7. The number of phenols is 2. The van der Waals surface area contributed by atoms with Crippen LogP contribution in [0.3, 0.4) is 0 Å². The lowest BCUT2D eigenvalue weighted by molar-refractivity contribution is -0.384. The molecule has 9 heteroatoms. The van der Waals surface area contributed by atoms with Crippen LogP contribution in [0.1, 0.15) is 21.5 Å². The number of nitrogens with zero attached hydrogens (tertiary/aromatic N) is 3. The van der Waals surface area contributed by atoms with Gasteiger partial charge in [0, 0.05) is 23.9 Å². The molecule has 4 aromatic rings. The van der Waals surface area contributed by atoms with Crippen LogP contribution in [0.15, 0.2) is 77.0 Å². The first-order chi connectivity index (χ1) is 16.3. The van der Waals surface area contributed by atoms with Gasteiger partial charge >= 0.3 is 0 Å². The van der Waals surface area contributed by atoms with Crippen LogP contribution in [0, 0.1) is 17.0 Å². The lowest BCUT2D eigenvalue weighted by Crippen LogP contribution is -2.05. The Bertz CT molecular complexity index is 1480. The molecule has 0 aliphatic heterocycles. The van der Waals surface area contributed by atoms with Crippen LogP contribution in [0.5, 0.6) is 11.5 Å². The summed E-state index contributed by atoms with van der Waals surface area (Å²) in [5, 5.41) is 41.1. The summed E-state index contributed by atoms with van der Waals surface area (Å²) in [6.07, 6.45) is 0.0827. The van der Waals surface area contributed by atoms with Crippen LogP contribution >= 0.6 is 11.6 Å². The standard InChI is InChI=1S/C25H18ClN3O5/c1-14-6-2-3-7-15(14)11-22(30)18-10-16-8-4-5-9-17(16)24(25(18)32)28-27-20-13-21(29(33)34)19(26)12-23(20)31/h2-10,12-13,31-32H,11H2,1H3. The van der Waals surface area contributed by atoms with Crippen molar-refractivity contribution < 1.29 is 19.9 Å². The summed E-state index contributed by atoms with van der Waals surface area (Å²) in [7, 11) is 0. The van der Waals surface area contributed by atoms with Gasteiger partial charge in [-0.3, -0.25) is 14.9 Å². The van der Waals surface area contributed by atoms with E-state index in [0.29, 0.717) is 10.8 Å². The van der Waals surface area contributed by atoms with E-state index in [2.05, 4.69) is 10.2 Å². The van der Waals surface area contributed by atoms with Gasteiger partial charge in [-0.15, -0.1) is 10.2 Å². The smallest absolute Gasteiger partial charge is 0.290 e. The number of benzene rings is 4. The van der Waals surface area contributed by atoms with E-state index in [1.165, 1.54) is 0 Å². The van der Waals surface area contributed by atoms with Gasteiger partial charge in [0.1, 0.15) is 22.1 Å². The highest BCUT2D eigenvalue weighted by molar-refractivity contribution is 6.33. The minimum atomic E-state index is -0.710. The second kappa shape index (κ2) is 9.29. The first-order valence-electron chi connectivity index (χ1n) is 10.2. The van der Waals surface area contributed by atoms with Crippen LogP contribution in [-0.2, 0) is 6.42 Å². The van der Waals surface area contributed by atoms with E-state index in [1.54, 1.807) is 30.3 Å². The quantitative estimate of drug-likeness (QED) is 0.135. The third kappa shape index (κ3) is 4.44. The average molecular weight is 476 g/mol. The molecule has 4 aromatic carbocycles. The van der Waals surface area contributed by atoms with E-state index >= 15 is 0 Å². The van der Waals surface area contributed by atoms with Gasteiger partial charge in [0.15, 0.2) is 11.5 Å². The Balaban J connectivity index is 1.81. The number of ketones is 1. The van der Waals surface area contributed by atoms with Gasteiger partial charge in [0.2, 0.25) is 0 Å². The molecule has 170 valence electrons. The van der Waals surface area contributed by atoms with Gasteiger partial charge in [0.05, 0.1) is 10.5 Å². The molecule has 0 bridgehead atoms. The third-order valence-corrected chi connectivity index (χ3v) is 5.71. The molecular weight excluding hydrogens is 458 g/mol. The molecule has 0 aromatic heterocycles. The normalized spacial score (nSPS) is 11.2. The number of azo groups is 1. The van der Waals surface area contributed by atoms with E-state index < -0.39 is 16.4 Å². The Morgan fingerprint density at radius 1 is 1.03 bits per heavy atom. The van der Waals surface area contributed by atoms with Crippen molar-refractivity contribution in [3.05, 3.63) is 98.6 Å². The maximum Gasteiger partial charge on any atom is 0.290 e. The van der Waals surface area contributed by atoms with E-state index in [0.717, 1.165) is 23.3 Å². The first-order valence-corrected chi connectivity index (χ1v) is 10.5. The summed E-state index contributed by atoms with van der Waals surface area (Å²) in [5.41, 5.74) is 1.20. The monoisotopic (exact) mass is 475 g/mol. The summed E-state index contributed by atoms with van der Waals surface area (Å²) >= 11 is 5.80. The predicted molar refractivity (Wildman–Crippen MR) is 129 cm³/mol. The minimum Gasteiger partial charge on any atom is -0.506 e. The molecular formula is C25H18ClN3O5. The Morgan fingerprint density at radius 2 is 1.74 bits per heavy atom. The largest absolute Gasteiger partial charge is 0.506 e. The van der Waals surface area contributed by atoms with Gasteiger partial charge in [0.25, 0.3) is 5.69 Å². The van der Waals surface area contributed by atoms with Crippen LogP contribution in [-0.4, -0.2) is 20.9 Å². The molecule has 0 aliphatic rings. The molecule has 0 unspecified atom stereocenters. The van der Waals surface area contributed by atoms with Crippen molar-refractivity contribution in [2.75, 3.05) is 0 Å². The van der Waals surface area contributed by atoms with E-state index in [-0.39, 0.29) is 39.9 Å². The molecule has 8 nitrogen and oxygen atoms in total. The molecule has 34 heavy (non-hydrogen) atoms. The van der Waals surface area contributed by atoms with Gasteiger partial charge in [-0.25, -0.2) is 0 Å². The number of halogens is 1. The van der Waals surface area contributed by atoms with Crippen molar-refractivity contribution in [3.63, 3.8) is 0 Å². The van der Waals surface area contributed by atoms with Gasteiger partial charge < -0.3 is 10.2 Å². The number of rotatable bonds is 6. The number of Topliss-reactive ketones (excluding diaryl/α,β-unsaturated/α-hetero) is 1. The van der Waals surface area contributed by atoms with Gasteiger partial charge in [-0.1, -0.05) is 60.1 Å². The minimum absolute atomic E-state index is 0.00300. The third-order valence-electron chi connectivity index (χ3n) is 5.41. The number of fused-ring (bicyclic) bond motifs is 1. The number of carbonyl (C=O) groups excluding carboxylic acids is 1. The molecule has 0 amide bonds. The molecule has 0 saturated carbocycles.